The number of anilines is 1. The molecule has 2 aromatic carbocycles. The number of amides is 2. The number of carbonyl (C=O) groups is 2. The minimum absolute atomic E-state index is 0.0911. The second kappa shape index (κ2) is 8.85. The lowest BCUT2D eigenvalue weighted by Gasteiger charge is -2.29. The van der Waals surface area contributed by atoms with Gasteiger partial charge in [0.15, 0.2) is 5.11 Å². The number of benzene rings is 2. The molecule has 152 valence electrons. The van der Waals surface area contributed by atoms with Crippen LogP contribution in [0.25, 0.3) is 6.08 Å². The maximum atomic E-state index is 13.1. The van der Waals surface area contributed by atoms with Gasteiger partial charge < -0.3 is 4.74 Å². The van der Waals surface area contributed by atoms with Crippen molar-refractivity contribution in [1.29, 1.82) is 0 Å². The summed E-state index contributed by atoms with van der Waals surface area (Å²) in [5, 5.41) is 14.0. The third-order valence-electron chi connectivity index (χ3n) is 4.05. The van der Waals surface area contributed by atoms with Crippen LogP contribution in [-0.2, 0) is 9.59 Å². The van der Waals surface area contributed by atoms with Gasteiger partial charge in [0, 0.05) is 22.7 Å². The van der Waals surface area contributed by atoms with E-state index in [4.69, 9.17) is 28.6 Å². The first-order valence-corrected chi connectivity index (χ1v) is 9.29. The lowest BCUT2D eigenvalue weighted by Crippen LogP contribution is -2.54. The van der Waals surface area contributed by atoms with Gasteiger partial charge in [-0.15, -0.1) is 0 Å². The molecule has 3 rings (SSSR count). The molecule has 8 nitrogen and oxygen atoms in total. The molecule has 1 saturated heterocycles. The highest BCUT2D eigenvalue weighted by atomic mass is 35.5. The van der Waals surface area contributed by atoms with Crippen molar-refractivity contribution < 1.29 is 19.2 Å². The molecule has 10 heteroatoms. The summed E-state index contributed by atoms with van der Waals surface area (Å²) in [5.74, 6) is -1.16. The fourth-order valence-electron chi connectivity index (χ4n) is 2.68. The van der Waals surface area contributed by atoms with Crippen LogP contribution in [0.4, 0.5) is 11.4 Å². The molecule has 30 heavy (non-hydrogen) atoms. The Hall–Kier alpha value is -3.56. The molecule has 1 aliphatic rings. The quantitative estimate of drug-likeness (QED) is 0.183. The number of nitrogens with one attached hydrogen (secondary N) is 1. The second-order valence-corrected chi connectivity index (χ2v) is 6.84. The maximum Gasteiger partial charge on any atom is 0.270 e. The molecule has 1 heterocycles. The van der Waals surface area contributed by atoms with Gasteiger partial charge in [-0.1, -0.05) is 24.3 Å². The molecule has 0 unspecified atom stereocenters. The number of hydrogen-bond donors (Lipinski definition) is 1. The highest BCUT2D eigenvalue weighted by molar-refractivity contribution is 7.80. The minimum atomic E-state index is -0.726. The minimum Gasteiger partial charge on any atom is -0.489 e. The number of rotatable bonds is 6. The second-order valence-electron chi connectivity index (χ2n) is 6.01. The lowest BCUT2D eigenvalue weighted by atomic mass is 10.1. The highest BCUT2D eigenvalue weighted by Crippen LogP contribution is 2.29. The van der Waals surface area contributed by atoms with Crippen LogP contribution in [0.1, 0.15) is 5.56 Å². The molecule has 0 aliphatic carbocycles. The number of carbonyl (C=O) groups excluding carboxylic acids is 2. The van der Waals surface area contributed by atoms with Crippen molar-refractivity contribution in [1.82, 2.24) is 5.32 Å². The largest absolute Gasteiger partial charge is 0.489 e. The van der Waals surface area contributed by atoms with E-state index < -0.39 is 16.7 Å². The van der Waals surface area contributed by atoms with Crippen LogP contribution in [0.5, 0.6) is 5.75 Å². The van der Waals surface area contributed by atoms with E-state index in [9.17, 15) is 19.7 Å². The van der Waals surface area contributed by atoms with Crippen LogP contribution < -0.4 is 15.0 Å². The Bertz CT molecular complexity index is 1100. The zero-order valence-corrected chi connectivity index (χ0v) is 16.9. The van der Waals surface area contributed by atoms with Gasteiger partial charge in [-0.3, -0.25) is 29.9 Å². The van der Waals surface area contributed by atoms with E-state index in [1.54, 1.807) is 24.3 Å². The van der Waals surface area contributed by atoms with Crippen LogP contribution in [0.15, 0.2) is 60.7 Å². The molecule has 2 aromatic rings. The van der Waals surface area contributed by atoms with E-state index >= 15 is 0 Å². The Morgan fingerprint density at radius 3 is 2.57 bits per heavy atom. The molecule has 0 atom stereocenters. The van der Waals surface area contributed by atoms with E-state index in [2.05, 4.69) is 11.9 Å². The summed E-state index contributed by atoms with van der Waals surface area (Å²) < 4.78 is 5.50. The van der Waals surface area contributed by atoms with E-state index in [0.717, 1.165) is 4.90 Å². The third-order valence-corrected chi connectivity index (χ3v) is 4.58. The average Bonchev–Trinajstić information content (AvgIpc) is 2.71. The molecule has 1 aliphatic heterocycles. The summed E-state index contributed by atoms with van der Waals surface area (Å²) in [7, 11) is 0. The topological polar surface area (TPSA) is 102 Å². The highest BCUT2D eigenvalue weighted by Gasteiger charge is 2.34. The van der Waals surface area contributed by atoms with E-state index in [-0.39, 0.29) is 34.3 Å². The fraction of sp³-hybridized carbons (Fsp3) is 0.0500. The van der Waals surface area contributed by atoms with Crippen molar-refractivity contribution in [3.63, 3.8) is 0 Å². The summed E-state index contributed by atoms with van der Waals surface area (Å²) in [5.41, 5.74) is 0.111. The van der Waals surface area contributed by atoms with E-state index in [1.807, 2.05) is 0 Å². The van der Waals surface area contributed by atoms with Crippen LogP contribution in [-0.4, -0.2) is 28.5 Å². The first-order valence-electron chi connectivity index (χ1n) is 8.51. The number of nitrogens with zero attached hydrogens (tertiary/aromatic N) is 2. The summed E-state index contributed by atoms with van der Waals surface area (Å²) in [6.45, 7) is 3.69. The summed E-state index contributed by atoms with van der Waals surface area (Å²) in [6.07, 6.45) is 2.73. The van der Waals surface area contributed by atoms with E-state index in [1.165, 1.54) is 30.4 Å². The smallest absolute Gasteiger partial charge is 0.270 e. The first-order chi connectivity index (χ1) is 14.3. The van der Waals surface area contributed by atoms with Gasteiger partial charge in [0.05, 0.1) is 10.6 Å². The predicted octanol–water partition coefficient (Wildman–Crippen LogP) is 3.64. The van der Waals surface area contributed by atoms with Crippen molar-refractivity contribution in [3.8, 4) is 5.75 Å². The number of nitro groups is 1. The average molecular weight is 444 g/mol. The Labute approximate surface area is 181 Å². The predicted molar refractivity (Wildman–Crippen MR) is 116 cm³/mol. The standard InChI is InChI=1S/C20H14ClN3O5S/c1-2-9-29-17-8-7-15(24(27)28)10-12(17)11-16-18(25)22-20(30)23(19(16)26)14-5-3-13(21)4-6-14/h2-8,10-11H,1,9H2,(H,22,25,30). The Morgan fingerprint density at radius 1 is 1.23 bits per heavy atom. The molecular formula is C20H14ClN3O5S. The molecule has 0 saturated carbocycles. The summed E-state index contributed by atoms with van der Waals surface area (Å²) in [4.78, 5) is 37.2. The third kappa shape index (κ3) is 4.37. The summed E-state index contributed by atoms with van der Waals surface area (Å²) >= 11 is 11.0. The molecule has 0 spiro atoms. The lowest BCUT2D eigenvalue weighted by molar-refractivity contribution is -0.384. The van der Waals surface area contributed by atoms with Crippen LogP contribution in [0.3, 0.4) is 0 Å². The van der Waals surface area contributed by atoms with Crippen LogP contribution in [0.2, 0.25) is 5.02 Å². The Balaban J connectivity index is 2.07. The van der Waals surface area contributed by atoms with E-state index in [0.29, 0.717) is 10.7 Å². The SMILES string of the molecule is C=CCOc1ccc([N+](=O)[O-])cc1C=C1C(=O)NC(=S)N(c2ccc(Cl)cc2)C1=O. The molecular weight excluding hydrogens is 430 g/mol. The van der Waals surface area contributed by atoms with Gasteiger partial charge in [-0.2, -0.15) is 0 Å². The van der Waals surface area contributed by atoms with Gasteiger partial charge in [0.1, 0.15) is 17.9 Å². The molecule has 0 radical (unpaired) electrons. The maximum absolute atomic E-state index is 13.1. The number of non-ortho nitro benzene ring substituents is 1. The normalized spacial score (nSPS) is 15.2. The molecule has 2 amide bonds. The van der Waals surface area contributed by atoms with Gasteiger partial charge >= 0.3 is 0 Å². The van der Waals surface area contributed by atoms with Gasteiger partial charge in [0.2, 0.25) is 0 Å². The Morgan fingerprint density at radius 2 is 1.93 bits per heavy atom. The monoisotopic (exact) mass is 443 g/mol. The fourth-order valence-corrected chi connectivity index (χ4v) is 3.09. The van der Waals surface area contributed by atoms with Crippen molar-refractivity contribution in [2.75, 3.05) is 11.5 Å². The molecule has 0 aromatic heterocycles. The van der Waals surface area contributed by atoms with Crippen LogP contribution in [0, 0.1) is 10.1 Å². The Kier molecular flexibility index (Phi) is 6.24. The number of hydrogen-bond acceptors (Lipinski definition) is 6. The first kappa shape index (κ1) is 21.2. The van der Waals surface area contributed by atoms with Crippen molar-refractivity contribution in [3.05, 3.63) is 81.4 Å². The zero-order valence-electron chi connectivity index (χ0n) is 15.3. The van der Waals surface area contributed by atoms with Gasteiger partial charge in [-0.25, -0.2) is 0 Å². The summed E-state index contributed by atoms with van der Waals surface area (Å²) in [6, 6.07) is 10.2. The van der Waals surface area contributed by atoms with Crippen molar-refractivity contribution >= 4 is 58.2 Å². The van der Waals surface area contributed by atoms with Gasteiger partial charge in [0.25, 0.3) is 17.5 Å². The number of halogens is 1. The molecule has 1 fully saturated rings. The molecule has 1 N–H and O–H groups in total. The number of ether oxygens (including phenoxy) is 1. The number of nitro benzene ring substituents is 1. The van der Waals surface area contributed by atoms with Gasteiger partial charge in [-0.05, 0) is 48.6 Å². The van der Waals surface area contributed by atoms with Crippen molar-refractivity contribution in [2.24, 2.45) is 0 Å². The zero-order chi connectivity index (χ0) is 21.8. The van der Waals surface area contributed by atoms with Crippen molar-refractivity contribution in [2.45, 2.75) is 0 Å². The van der Waals surface area contributed by atoms with Crippen LogP contribution >= 0.6 is 23.8 Å². The number of thiocarbonyl (C=S) groups is 1. The molecule has 0 bridgehead atoms.